The molecule has 0 unspecified atom stereocenters. The first kappa shape index (κ1) is 18.5. The summed E-state index contributed by atoms with van der Waals surface area (Å²) >= 11 is 0. The van der Waals surface area contributed by atoms with Crippen molar-refractivity contribution in [2.24, 2.45) is 0 Å². The Kier molecular flexibility index (Phi) is 15.1. The van der Waals surface area contributed by atoms with Gasteiger partial charge in [-0.2, -0.15) is 0 Å². The molecule has 0 amide bonds. The molecule has 0 aliphatic rings. The van der Waals surface area contributed by atoms with Crippen LogP contribution in [-0.4, -0.2) is 12.6 Å². The number of carbonyl (C=O) groups is 1. The molecular formula is C17H33O2. The third-order valence-corrected chi connectivity index (χ3v) is 3.39. The minimum absolute atomic E-state index is 0.0559. The van der Waals surface area contributed by atoms with Crippen LogP contribution in [0.15, 0.2) is 0 Å². The van der Waals surface area contributed by atoms with Gasteiger partial charge in [0.2, 0.25) is 0 Å². The first-order valence-electron chi connectivity index (χ1n) is 8.26. The van der Waals surface area contributed by atoms with Crippen molar-refractivity contribution in [3.63, 3.8) is 0 Å². The van der Waals surface area contributed by atoms with Crippen molar-refractivity contribution in [3.8, 4) is 0 Å². The van der Waals surface area contributed by atoms with Crippen molar-refractivity contribution < 1.29 is 9.53 Å². The third kappa shape index (κ3) is 15.4. The first-order chi connectivity index (χ1) is 9.31. The molecule has 0 atom stereocenters. The van der Waals surface area contributed by atoms with E-state index in [0.717, 1.165) is 19.3 Å². The molecule has 0 saturated heterocycles. The van der Waals surface area contributed by atoms with Crippen LogP contribution in [0.2, 0.25) is 0 Å². The van der Waals surface area contributed by atoms with Crippen LogP contribution in [0.3, 0.4) is 0 Å². The highest BCUT2D eigenvalue weighted by Gasteiger charge is 2.00. The molecule has 19 heavy (non-hydrogen) atoms. The molecule has 0 fully saturated rings. The molecule has 0 aliphatic carbocycles. The Morgan fingerprint density at radius 2 is 1.37 bits per heavy atom. The van der Waals surface area contributed by atoms with E-state index < -0.39 is 0 Å². The number of ether oxygens (including phenoxy) is 1. The maximum atomic E-state index is 11.2. The van der Waals surface area contributed by atoms with E-state index in [1.165, 1.54) is 57.8 Å². The third-order valence-electron chi connectivity index (χ3n) is 3.39. The smallest absolute Gasteiger partial charge is 0.305 e. The standard InChI is InChI=1S/C17H33O2/c1-3-5-7-8-9-10-11-12-13-14-16-19-17(18)15-6-4-2/h2-16H2,1H3. The van der Waals surface area contributed by atoms with Crippen LogP contribution in [-0.2, 0) is 9.53 Å². The van der Waals surface area contributed by atoms with Gasteiger partial charge in [-0.15, -0.1) is 0 Å². The average Bonchev–Trinajstić information content (AvgIpc) is 2.42. The van der Waals surface area contributed by atoms with E-state index in [4.69, 9.17) is 4.74 Å². The van der Waals surface area contributed by atoms with Crippen molar-refractivity contribution >= 4 is 5.97 Å². The fourth-order valence-electron chi connectivity index (χ4n) is 2.12. The molecule has 113 valence electrons. The van der Waals surface area contributed by atoms with Crippen molar-refractivity contribution in [2.45, 2.75) is 90.4 Å². The van der Waals surface area contributed by atoms with Gasteiger partial charge in [-0.1, -0.05) is 78.1 Å². The molecule has 2 heteroatoms. The van der Waals surface area contributed by atoms with E-state index in [0.29, 0.717) is 13.0 Å². The van der Waals surface area contributed by atoms with Crippen molar-refractivity contribution in [1.82, 2.24) is 0 Å². The Hall–Kier alpha value is -0.530. The Morgan fingerprint density at radius 3 is 1.89 bits per heavy atom. The summed E-state index contributed by atoms with van der Waals surface area (Å²) in [5, 5.41) is 0. The quantitative estimate of drug-likeness (QED) is 0.309. The Labute approximate surface area is 120 Å². The van der Waals surface area contributed by atoms with Gasteiger partial charge in [0.15, 0.2) is 0 Å². The number of rotatable bonds is 14. The maximum absolute atomic E-state index is 11.2. The van der Waals surface area contributed by atoms with Crippen molar-refractivity contribution in [1.29, 1.82) is 0 Å². The minimum atomic E-state index is -0.0559. The van der Waals surface area contributed by atoms with E-state index in [1.54, 1.807) is 0 Å². The van der Waals surface area contributed by atoms with E-state index in [9.17, 15) is 4.79 Å². The van der Waals surface area contributed by atoms with Gasteiger partial charge in [-0.05, 0) is 12.8 Å². The van der Waals surface area contributed by atoms with Crippen molar-refractivity contribution in [2.75, 3.05) is 6.61 Å². The number of esters is 1. The van der Waals surface area contributed by atoms with Gasteiger partial charge in [-0.25, -0.2) is 0 Å². The highest BCUT2D eigenvalue weighted by Crippen LogP contribution is 2.10. The number of carbonyl (C=O) groups excluding carboxylic acids is 1. The fraction of sp³-hybridized carbons (Fsp3) is 0.882. The van der Waals surface area contributed by atoms with Crippen LogP contribution in [0.4, 0.5) is 0 Å². The molecule has 0 spiro atoms. The molecule has 1 radical (unpaired) electrons. The summed E-state index contributed by atoms with van der Waals surface area (Å²) in [6.45, 7) is 6.57. The zero-order valence-electron chi connectivity index (χ0n) is 12.9. The summed E-state index contributed by atoms with van der Waals surface area (Å²) in [4.78, 5) is 11.2. The van der Waals surface area contributed by atoms with Gasteiger partial charge in [0.05, 0.1) is 6.61 Å². The van der Waals surface area contributed by atoms with Crippen LogP contribution in [0.1, 0.15) is 90.4 Å². The SMILES string of the molecule is [CH2]CCCC(=O)OCCCCCCCCCCCC. The molecule has 0 aliphatic heterocycles. The first-order valence-corrected chi connectivity index (χ1v) is 8.26. The Morgan fingerprint density at radius 1 is 0.842 bits per heavy atom. The normalized spacial score (nSPS) is 10.6. The van der Waals surface area contributed by atoms with Crippen LogP contribution < -0.4 is 0 Å². The molecule has 0 saturated carbocycles. The predicted molar refractivity (Wildman–Crippen MR) is 82.0 cm³/mol. The van der Waals surface area contributed by atoms with Crippen LogP contribution in [0, 0.1) is 6.92 Å². The molecular weight excluding hydrogens is 236 g/mol. The van der Waals surface area contributed by atoms with E-state index in [2.05, 4.69) is 13.8 Å². The monoisotopic (exact) mass is 269 g/mol. The van der Waals surface area contributed by atoms with E-state index in [-0.39, 0.29) is 5.97 Å². The van der Waals surface area contributed by atoms with E-state index in [1.807, 2.05) is 0 Å². The summed E-state index contributed by atoms with van der Waals surface area (Å²) < 4.78 is 5.15. The predicted octanol–water partition coefficient (Wildman–Crippen LogP) is 5.45. The Balaban J connectivity index is 3.04. The molecule has 0 aromatic rings. The van der Waals surface area contributed by atoms with Crippen molar-refractivity contribution in [3.05, 3.63) is 6.92 Å². The highest BCUT2D eigenvalue weighted by molar-refractivity contribution is 5.69. The summed E-state index contributed by atoms with van der Waals surface area (Å²) in [6, 6.07) is 0. The minimum Gasteiger partial charge on any atom is -0.466 e. The molecule has 0 rings (SSSR count). The molecule has 0 N–H and O–H groups in total. The molecule has 0 heterocycles. The van der Waals surface area contributed by atoms with Crippen LogP contribution in [0.25, 0.3) is 0 Å². The fourth-order valence-corrected chi connectivity index (χ4v) is 2.12. The van der Waals surface area contributed by atoms with Gasteiger partial charge < -0.3 is 4.74 Å². The highest BCUT2D eigenvalue weighted by atomic mass is 16.5. The second kappa shape index (κ2) is 15.5. The van der Waals surface area contributed by atoms with Crippen LogP contribution >= 0.6 is 0 Å². The number of hydrogen-bond donors (Lipinski definition) is 0. The van der Waals surface area contributed by atoms with Gasteiger partial charge in [-0.3, -0.25) is 4.79 Å². The summed E-state index contributed by atoms with van der Waals surface area (Å²) in [5.74, 6) is -0.0559. The number of hydrogen-bond acceptors (Lipinski definition) is 2. The van der Waals surface area contributed by atoms with Gasteiger partial charge in [0, 0.05) is 6.42 Å². The Bertz CT molecular complexity index is 190. The van der Waals surface area contributed by atoms with Gasteiger partial charge >= 0.3 is 5.97 Å². The zero-order chi connectivity index (χ0) is 14.2. The van der Waals surface area contributed by atoms with Gasteiger partial charge in [0.25, 0.3) is 0 Å². The zero-order valence-corrected chi connectivity index (χ0v) is 12.9. The molecule has 2 nitrogen and oxygen atoms in total. The lowest BCUT2D eigenvalue weighted by Crippen LogP contribution is -2.05. The lowest BCUT2D eigenvalue weighted by atomic mass is 10.1. The average molecular weight is 269 g/mol. The topological polar surface area (TPSA) is 26.3 Å². The molecule has 0 aromatic heterocycles. The molecule has 0 aromatic carbocycles. The summed E-state index contributed by atoms with van der Waals surface area (Å²) in [7, 11) is 0. The lowest BCUT2D eigenvalue weighted by Gasteiger charge is -2.04. The maximum Gasteiger partial charge on any atom is 0.305 e. The second-order valence-electron chi connectivity index (χ2n) is 5.36. The summed E-state index contributed by atoms with van der Waals surface area (Å²) in [5.41, 5.74) is 0. The second-order valence-corrected chi connectivity index (χ2v) is 5.36. The number of unbranched alkanes of at least 4 members (excludes halogenated alkanes) is 10. The van der Waals surface area contributed by atoms with Crippen LogP contribution in [0.5, 0.6) is 0 Å². The summed E-state index contributed by atoms with van der Waals surface area (Å²) in [6.07, 6.45) is 15.3. The molecule has 0 bridgehead atoms. The largest absolute Gasteiger partial charge is 0.466 e. The van der Waals surface area contributed by atoms with E-state index >= 15 is 0 Å². The lowest BCUT2D eigenvalue weighted by molar-refractivity contribution is -0.143. The van der Waals surface area contributed by atoms with Gasteiger partial charge in [0.1, 0.15) is 0 Å².